The molecule has 1 N–H and O–H groups in total. The fraction of sp³-hybridized carbons (Fsp3) is 0.455. The number of nitrogens with zero attached hydrogens (tertiary/aromatic N) is 4. The van der Waals surface area contributed by atoms with Crippen molar-refractivity contribution in [3.8, 4) is 0 Å². The van der Waals surface area contributed by atoms with Crippen molar-refractivity contribution in [2.24, 2.45) is 5.41 Å². The minimum atomic E-state index is -5.08. The molecule has 0 aromatic carbocycles. The predicted molar refractivity (Wildman–Crippen MR) is 113 cm³/mol. The van der Waals surface area contributed by atoms with Crippen molar-refractivity contribution in [3.05, 3.63) is 54.6 Å². The number of hydrogen-bond donors (Lipinski definition) is 1. The van der Waals surface area contributed by atoms with Gasteiger partial charge in [-0.15, -0.1) is 0 Å². The van der Waals surface area contributed by atoms with Crippen molar-refractivity contribution in [2.75, 3.05) is 44.3 Å². The van der Waals surface area contributed by atoms with Crippen molar-refractivity contribution in [2.45, 2.75) is 19.0 Å². The van der Waals surface area contributed by atoms with Crippen molar-refractivity contribution in [1.82, 2.24) is 14.9 Å². The van der Waals surface area contributed by atoms with E-state index >= 15 is 0 Å². The Balaban J connectivity index is 0.000000383. The van der Waals surface area contributed by atoms with E-state index in [4.69, 9.17) is 14.6 Å². The van der Waals surface area contributed by atoms with E-state index in [2.05, 4.69) is 20.9 Å². The van der Waals surface area contributed by atoms with E-state index in [1.807, 2.05) is 29.3 Å². The lowest BCUT2D eigenvalue weighted by Gasteiger charge is -2.43. The number of rotatable bonds is 2. The van der Waals surface area contributed by atoms with Crippen LogP contribution in [0.3, 0.4) is 0 Å². The second-order valence-electron chi connectivity index (χ2n) is 8.03. The van der Waals surface area contributed by atoms with Crippen LogP contribution in [-0.4, -0.2) is 77.4 Å². The highest BCUT2D eigenvalue weighted by Crippen LogP contribution is 2.34. The van der Waals surface area contributed by atoms with Crippen LogP contribution in [-0.2, 0) is 9.53 Å². The molecule has 1 spiro atoms. The monoisotopic (exact) mass is 466 g/mol. The number of carbonyl (C=O) groups excluding carboxylic acids is 1. The molecule has 33 heavy (non-hydrogen) atoms. The normalized spacial score (nSPS) is 21.1. The summed E-state index contributed by atoms with van der Waals surface area (Å²) in [6, 6.07) is 9.53. The third-order valence-corrected chi connectivity index (χ3v) is 5.53. The number of carboxylic acids is 1. The zero-order valence-electron chi connectivity index (χ0n) is 17.9. The van der Waals surface area contributed by atoms with Crippen molar-refractivity contribution >= 4 is 17.6 Å². The maximum Gasteiger partial charge on any atom is 0.490 e. The Bertz CT molecular complexity index is 930. The molecule has 4 rings (SSSR count). The molecule has 2 aliphatic heterocycles. The molecule has 8 nitrogen and oxygen atoms in total. The summed E-state index contributed by atoms with van der Waals surface area (Å²) in [6.07, 6.45) is 2.34. The van der Waals surface area contributed by atoms with Gasteiger partial charge < -0.3 is 19.6 Å². The summed E-state index contributed by atoms with van der Waals surface area (Å²) in [6.45, 7) is 4.61. The molecule has 2 saturated heterocycles. The van der Waals surface area contributed by atoms with Gasteiger partial charge in [0.1, 0.15) is 5.69 Å². The number of anilines is 1. The second kappa shape index (κ2) is 10.6. The lowest BCUT2D eigenvalue weighted by Crippen LogP contribution is -2.52. The number of halogens is 3. The van der Waals surface area contributed by atoms with Crippen LogP contribution in [0.4, 0.5) is 18.9 Å². The largest absolute Gasteiger partial charge is 0.490 e. The van der Waals surface area contributed by atoms with Crippen LogP contribution in [0.25, 0.3) is 0 Å². The van der Waals surface area contributed by atoms with Gasteiger partial charge in [-0.05, 0) is 37.1 Å². The Morgan fingerprint density at radius 1 is 1.09 bits per heavy atom. The van der Waals surface area contributed by atoms with Gasteiger partial charge in [-0.1, -0.05) is 6.07 Å². The van der Waals surface area contributed by atoms with Gasteiger partial charge >= 0.3 is 12.1 Å². The number of carboxylic acid groups (broad SMARTS) is 1. The quantitative estimate of drug-likeness (QED) is 0.727. The third kappa shape index (κ3) is 6.64. The highest BCUT2D eigenvalue weighted by molar-refractivity contribution is 5.92. The number of likely N-dealkylation sites (tertiary alicyclic amines) is 1. The molecule has 1 amide bonds. The van der Waals surface area contributed by atoms with Crippen molar-refractivity contribution < 1.29 is 32.6 Å². The molecular weight excluding hydrogens is 441 g/mol. The third-order valence-electron chi connectivity index (χ3n) is 5.53. The van der Waals surface area contributed by atoms with Crippen LogP contribution in [0.5, 0.6) is 0 Å². The number of aliphatic carboxylic acids is 1. The number of aromatic nitrogens is 2. The standard InChI is InChI=1S/C20H24N4O2.C2HF3O2/c25-19(18-6-1-2-9-22-18)24-10-4-7-20(15-24)14-23(11-12-26-16-20)17-5-3-8-21-13-17;3-2(4,5)1(6)7/h1-3,5-6,8-9,13H,4,7,10-12,14-16H2;(H,6,7). The molecule has 0 saturated carbocycles. The van der Waals surface area contributed by atoms with E-state index in [0.29, 0.717) is 25.5 Å². The first-order chi connectivity index (χ1) is 15.7. The molecule has 2 aromatic rings. The highest BCUT2D eigenvalue weighted by Gasteiger charge is 2.41. The van der Waals surface area contributed by atoms with Crippen LogP contribution >= 0.6 is 0 Å². The average Bonchev–Trinajstić information content (AvgIpc) is 3.02. The fourth-order valence-corrected chi connectivity index (χ4v) is 4.03. The summed E-state index contributed by atoms with van der Waals surface area (Å²) in [7, 11) is 0. The molecule has 0 radical (unpaired) electrons. The number of amides is 1. The summed E-state index contributed by atoms with van der Waals surface area (Å²) in [5.41, 5.74) is 1.59. The number of carbonyl (C=O) groups is 2. The molecule has 0 bridgehead atoms. The number of ether oxygens (including phenoxy) is 1. The van der Waals surface area contributed by atoms with Crippen LogP contribution in [0.15, 0.2) is 48.9 Å². The van der Waals surface area contributed by atoms with Gasteiger partial charge in [-0.25, -0.2) is 4.79 Å². The highest BCUT2D eigenvalue weighted by atomic mass is 19.4. The number of alkyl halides is 3. The maximum atomic E-state index is 12.9. The van der Waals surface area contributed by atoms with Crippen molar-refractivity contribution in [1.29, 1.82) is 0 Å². The molecule has 2 fully saturated rings. The Hall–Kier alpha value is -3.21. The van der Waals surface area contributed by atoms with Gasteiger partial charge in [0.15, 0.2) is 0 Å². The van der Waals surface area contributed by atoms with Crippen LogP contribution in [0.1, 0.15) is 23.3 Å². The molecule has 1 atom stereocenters. The van der Waals surface area contributed by atoms with Gasteiger partial charge in [0, 0.05) is 44.0 Å². The van der Waals surface area contributed by atoms with Crippen LogP contribution < -0.4 is 4.90 Å². The number of pyridine rings is 2. The molecule has 11 heteroatoms. The molecular formula is C22H25F3N4O4. The second-order valence-corrected chi connectivity index (χ2v) is 8.03. The zero-order valence-corrected chi connectivity index (χ0v) is 17.9. The minimum absolute atomic E-state index is 0.0156. The molecule has 1 unspecified atom stereocenters. The number of hydrogen-bond acceptors (Lipinski definition) is 6. The van der Waals surface area contributed by atoms with E-state index < -0.39 is 12.1 Å². The Kier molecular flexibility index (Phi) is 7.85. The van der Waals surface area contributed by atoms with Crippen LogP contribution in [0, 0.1) is 5.41 Å². The Labute approximate surface area is 189 Å². The summed E-state index contributed by atoms with van der Waals surface area (Å²) >= 11 is 0. The lowest BCUT2D eigenvalue weighted by atomic mass is 9.80. The van der Waals surface area contributed by atoms with E-state index in [0.717, 1.165) is 38.2 Å². The Morgan fingerprint density at radius 3 is 2.52 bits per heavy atom. The molecule has 178 valence electrons. The lowest BCUT2D eigenvalue weighted by molar-refractivity contribution is -0.192. The van der Waals surface area contributed by atoms with Gasteiger partial charge in [0.05, 0.1) is 25.1 Å². The van der Waals surface area contributed by atoms with E-state index in [1.54, 1.807) is 18.5 Å². The van der Waals surface area contributed by atoms with E-state index in [-0.39, 0.29) is 11.3 Å². The van der Waals surface area contributed by atoms with Crippen LogP contribution in [0.2, 0.25) is 0 Å². The summed E-state index contributed by atoms with van der Waals surface area (Å²) in [5.74, 6) is -2.74. The summed E-state index contributed by atoms with van der Waals surface area (Å²) in [4.78, 5) is 34.5. The van der Waals surface area contributed by atoms with Gasteiger partial charge in [-0.2, -0.15) is 13.2 Å². The fourth-order valence-electron chi connectivity index (χ4n) is 4.03. The SMILES string of the molecule is O=C(O)C(F)(F)F.O=C(c1ccccn1)N1CCCC2(COCCN(c3cccnc3)C2)C1. The first-order valence-electron chi connectivity index (χ1n) is 10.4. The van der Waals surface area contributed by atoms with E-state index in [9.17, 15) is 18.0 Å². The first kappa shape index (κ1) is 24.4. The van der Waals surface area contributed by atoms with Gasteiger partial charge in [0.25, 0.3) is 5.91 Å². The topological polar surface area (TPSA) is 95.9 Å². The van der Waals surface area contributed by atoms with E-state index in [1.165, 1.54) is 0 Å². The van der Waals surface area contributed by atoms with Gasteiger partial charge in [-0.3, -0.25) is 14.8 Å². The molecule has 4 heterocycles. The summed E-state index contributed by atoms with van der Waals surface area (Å²) < 4.78 is 37.7. The first-order valence-corrected chi connectivity index (χ1v) is 10.4. The summed E-state index contributed by atoms with van der Waals surface area (Å²) in [5, 5.41) is 7.12. The molecule has 2 aliphatic rings. The van der Waals surface area contributed by atoms with Gasteiger partial charge in [0.2, 0.25) is 0 Å². The predicted octanol–water partition coefficient (Wildman–Crippen LogP) is 2.87. The average molecular weight is 466 g/mol. The van der Waals surface area contributed by atoms with Crippen molar-refractivity contribution in [3.63, 3.8) is 0 Å². The maximum absolute atomic E-state index is 12.9. The minimum Gasteiger partial charge on any atom is -0.475 e. The number of piperidine rings is 1. The Morgan fingerprint density at radius 2 is 1.88 bits per heavy atom. The zero-order chi connectivity index (χ0) is 23.9. The smallest absolute Gasteiger partial charge is 0.475 e. The molecule has 0 aliphatic carbocycles. The molecule has 2 aromatic heterocycles.